The molecule has 0 bridgehead atoms. The maximum absolute atomic E-state index is 12.2. The van der Waals surface area contributed by atoms with Crippen LogP contribution in [0.3, 0.4) is 0 Å². The second kappa shape index (κ2) is 50.1. The molecule has 0 saturated carbocycles. The van der Waals surface area contributed by atoms with Gasteiger partial charge >= 0.3 is 11.7 Å². The predicted octanol–water partition coefficient (Wildman–Crippen LogP) is 2.79. The summed E-state index contributed by atoms with van der Waals surface area (Å²) in [6.45, 7) is 34.9. The van der Waals surface area contributed by atoms with Crippen LogP contribution in [0.25, 0.3) is 0 Å². The quantitative estimate of drug-likeness (QED) is 0.0171. The van der Waals surface area contributed by atoms with Gasteiger partial charge in [0.2, 0.25) is 0 Å². The third-order valence-electron chi connectivity index (χ3n) is 21.8. The second-order valence-corrected chi connectivity index (χ2v) is 59.5. The van der Waals surface area contributed by atoms with Gasteiger partial charge in [-0.1, -0.05) is 46.9 Å². The summed E-state index contributed by atoms with van der Waals surface area (Å²) in [5.41, 5.74) is 0.0639. The Hall–Kier alpha value is -4.66. The highest BCUT2D eigenvalue weighted by Gasteiger charge is 2.52. The summed E-state index contributed by atoms with van der Waals surface area (Å²) in [5.74, 6) is -0.486. The van der Waals surface area contributed by atoms with Crippen molar-refractivity contribution >= 4 is 126 Å². The first-order chi connectivity index (χ1) is 59.2. The molecule has 21 atom stereocenters. The third kappa shape index (κ3) is 33.4. The van der Waals surface area contributed by atoms with Gasteiger partial charge in [-0.05, 0) is 218 Å². The molecule has 0 radical (unpaired) electrons. The van der Waals surface area contributed by atoms with Gasteiger partial charge < -0.3 is 101 Å². The number of hydrogen-bond acceptors (Lipinski definition) is 29. The lowest BCUT2D eigenvalue weighted by atomic mass is 9.95. The van der Waals surface area contributed by atoms with Crippen LogP contribution in [0.4, 0.5) is 4.79 Å². The molecule has 720 valence electrons. The third-order valence-corrected chi connectivity index (χ3v) is 30.2. The first kappa shape index (κ1) is 111. The molecule has 127 heavy (non-hydrogen) atoms. The van der Waals surface area contributed by atoms with Crippen LogP contribution < -0.4 is 54.3 Å². The average molecular weight is 1940 g/mol. The largest absolute Gasteiger partial charge is 0.497 e. The Morgan fingerprint density at radius 1 is 0.441 bits per heavy atom. The van der Waals surface area contributed by atoms with Crippen LogP contribution >= 0.6 is 71.1 Å². The molecule has 5 fully saturated rings. The van der Waals surface area contributed by atoms with Gasteiger partial charge in [0.1, 0.15) is 85.6 Å². The van der Waals surface area contributed by atoms with Gasteiger partial charge in [-0.2, -0.15) is 14.7 Å². The van der Waals surface area contributed by atoms with Crippen molar-refractivity contribution in [2.24, 2.45) is 5.92 Å². The fraction of sp³-hybridized carbons (Fsp3) is 0.679. The summed E-state index contributed by atoms with van der Waals surface area (Å²) in [6.07, 6.45) is 23.9. The molecule has 7 aliphatic heterocycles. The molecule has 43 heteroatoms. The van der Waals surface area contributed by atoms with E-state index < -0.39 is 174 Å². The number of rotatable bonds is 37. The van der Waals surface area contributed by atoms with Crippen LogP contribution in [0.1, 0.15) is 121 Å². The van der Waals surface area contributed by atoms with E-state index in [2.05, 4.69) is 158 Å². The molecule has 5 saturated heterocycles. The monoisotopic (exact) mass is 1940 g/mol. The summed E-state index contributed by atoms with van der Waals surface area (Å²) >= 11 is 15.8. The maximum Gasteiger partial charge on any atom is 0.497 e. The number of nitrogens with zero attached hydrogens (tertiary/aromatic N) is 5. The van der Waals surface area contributed by atoms with Crippen LogP contribution in [0.15, 0.2) is 74.6 Å². The highest BCUT2D eigenvalue weighted by Crippen LogP contribution is 2.44. The lowest BCUT2D eigenvalue weighted by molar-refractivity contribution is -0.433. The summed E-state index contributed by atoms with van der Waals surface area (Å²) < 4.78 is 35.5. The standard InChI is InChI=1S/C17H30N3O5P.3C17H30N3O4PS.C16H25N2O4P/c1-5-7-18-9-11-10-20(17(24)19-15(11)23)16-14(22)13(21)12(25-16)6-8-26(2,3)4;1-5-7-18-10-20-9-11(16(26)19-17(20)23)15-14(22)13(21)12(24-15)6-8-25(2,3)4;2*1-5-7-18-9-11-10-20(17(26)19-15(11)23)16-14(22)13(21)12(24-16)6-8-25(2,3)4;1-6-11-9-18(10(2)17-15(11)21)16-14(20)13(19)12(22-16)7-8-23(3,4)5/h10,12-14,16,18,21-22H,2,5-9H2,1,3-4H3,(H,19,23,24);9,11-15,18,21-22H,2,5-8,10H2,1,3-4H3;2*10,12-14,16,18,21-22H,2,5-9H2,1,3-4H3,(H,19,23,26);6,9,12-14,16,19-20H,1-3,7-8H2,4-5H3,(H,17,21)/p+1/t12-,13-,14-,16-;11?,12-,13-,14-,15+;3*12-,13-,14-,16-/m11111/s1. The number of aliphatic hydroxyl groups is 10. The number of ether oxygens (including phenoxy) is 5. The van der Waals surface area contributed by atoms with E-state index in [-0.39, 0.29) is 32.6 Å². The van der Waals surface area contributed by atoms with Crippen molar-refractivity contribution < 1.29 is 88.9 Å². The van der Waals surface area contributed by atoms with Crippen LogP contribution in [0.5, 0.6) is 0 Å². The molecule has 7 aliphatic rings. The molecular weight excluding hydrogens is 1790 g/mol. The molecule has 35 nitrogen and oxygen atoms in total. The molecular formula is C84H146N14O21P5S3+. The number of aromatic amines is 3. The van der Waals surface area contributed by atoms with Crippen LogP contribution in [-0.4, -0.2) is 378 Å². The van der Waals surface area contributed by atoms with E-state index in [0.29, 0.717) is 91.5 Å². The van der Waals surface area contributed by atoms with Crippen LogP contribution in [-0.2, 0) is 48.1 Å². The number of urea groups is 1. The minimum atomic E-state index is -1.29. The summed E-state index contributed by atoms with van der Waals surface area (Å²) in [5, 5.41) is 122. The molecule has 10 heterocycles. The summed E-state index contributed by atoms with van der Waals surface area (Å²) in [7, 11) is 0. The molecule has 0 aliphatic carbocycles. The number of carbonyl (C=O) groups is 2. The highest BCUT2D eigenvalue weighted by atomic mass is 32.1. The number of H-pyrrole nitrogens is 3. The Labute approximate surface area is 762 Å². The fourth-order valence-corrected chi connectivity index (χ4v) is 20.0. The van der Waals surface area contributed by atoms with E-state index >= 15 is 0 Å². The fourth-order valence-electron chi connectivity index (χ4n) is 14.5. The van der Waals surface area contributed by atoms with Gasteiger partial charge in [0.25, 0.3) is 22.6 Å². The van der Waals surface area contributed by atoms with E-state index in [0.717, 1.165) is 87.2 Å². The predicted molar refractivity (Wildman–Crippen MR) is 527 cm³/mol. The minimum absolute atomic E-state index is 0.163. The smallest absolute Gasteiger partial charge is 0.388 e. The van der Waals surface area contributed by atoms with E-state index in [1.165, 1.54) is 37.1 Å². The maximum atomic E-state index is 12.2. The van der Waals surface area contributed by atoms with Gasteiger partial charge in [-0.15, -0.1) is 65.9 Å². The van der Waals surface area contributed by atoms with Crippen molar-refractivity contribution in [2.75, 3.05) is 130 Å². The molecule has 3 aromatic rings. The zero-order chi connectivity index (χ0) is 95.3. The van der Waals surface area contributed by atoms with Gasteiger partial charge in [-0.3, -0.25) is 53.1 Å². The molecule has 1 unspecified atom stereocenters. The number of hydrogen-bond donors (Lipinski definition) is 19. The number of amides is 3. The lowest BCUT2D eigenvalue weighted by Gasteiger charge is -2.34. The van der Waals surface area contributed by atoms with Crippen LogP contribution in [0.2, 0.25) is 0 Å². The van der Waals surface area contributed by atoms with Crippen molar-refractivity contribution in [1.82, 2.24) is 65.5 Å². The van der Waals surface area contributed by atoms with Crippen molar-refractivity contribution in [3.8, 4) is 0 Å². The highest BCUT2D eigenvalue weighted by molar-refractivity contribution is 7.80. The Balaban J connectivity index is 0.000000245. The Kier molecular flexibility index (Phi) is 43.8. The first-order valence-corrected chi connectivity index (χ1v) is 59.6. The van der Waals surface area contributed by atoms with Crippen molar-refractivity contribution in [3.63, 3.8) is 0 Å². The molecule has 10 rings (SSSR count). The molecule has 3 amide bonds. The molecule has 19 N–H and O–H groups in total. The van der Waals surface area contributed by atoms with E-state index in [1.807, 2.05) is 27.7 Å². The van der Waals surface area contributed by atoms with Gasteiger partial charge in [0, 0.05) is 61.1 Å². The van der Waals surface area contributed by atoms with E-state index in [1.54, 1.807) is 18.6 Å². The second-order valence-electron chi connectivity index (χ2n) is 36.7. The number of aromatic nitrogens is 6. The minimum Gasteiger partial charge on any atom is -0.388 e. The lowest BCUT2D eigenvalue weighted by Crippen LogP contribution is -2.54. The topological polar surface area (TPSA) is 491 Å². The van der Waals surface area contributed by atoms with Gasteiger partial charge in [0.15, 0.2) is 39.4 Å². The van der Waals surface area contributed by atoms with Crippen LogP contribution in [0, 0.1) is 15.5 Å². The summed E-state index contributed by atoms with van der Waals surface area (Å²) in [4.78, 5) is 81.5. The normalized spacial score (nSPS) is 28.6. The van der Waals surface area contributed by atoms with E-state index in [4.69, 9.17) is 60.3 Å². The average Bonchev–Trinajstić information content (AvgIpc) is 1.69. The number of carbonyl (C=O) groups excluding carboxylic acids is 2. The van der Waals surface area contributed by atoms with Crippen molar-refractivity contribution in [2.45, 2.75) is 228 Å². The summed E-state index contributed by atoms with van der Waals surface area (Å²) in [6, 6.07) is -0.303. The van der Waals surface area contributed by atoms with Gasteiger partial charge in [0.05, 0.1) is 42.3 Å². The Bertz CT molecular complexity index is 4610. The molecule has 3 aromatic heterocycles. The van der Waals surface area contributed by atoms with Crippen molar-refractivity contribution in [1.29, 1.82) is 0 Å². The zero-order valence-corrected chi connectivity index (χ0v) is 83.2. The SMILES string of the molecule is C=CC1=CN([C@@H]2O[C@H](CCP(=C)(C)C)[C@@H](O)[C@H]2O)C(=C)NC1=O.C=P(C)(C)CC[C@H]1O[C@@H](C2C=[N+](CNCCC)C(=O)NC2=S)[C@H](O)[C@@H]1O.C=P(C)(C)CC[C@H]1O[C@@H](n2cc(CNCCC)c(=O)[nH]c2=O)[C@H](O)[C@@H]1O.C=P(C)(C)CC[C@H]1O[C@@H](n2cc(CNCCC)c(=O)[nH]c2=S)[C@H](O)[C@@H]1O.C=P(C)(C)CC[C@H]1O[C@@H](n2cc(CNCCC)c(=O)[nH]c2=S)[C@H](O)[C@@H]1O. The van der Waals surface area contributed by atoms with Gasteiger partial charge in [-0.25, -0.2) is 4.79 Å². The Morgan fingerprint density at radius 2 is 0.756 bits per heavy atom. The van der Waals surface area contributed by atoms with E-state index in [9.17, 15) is 79.8 Å². The number of thiocarbonyl (C=S) groups is 1. The zero-order valence-electron chi connectivity index (χ0n) is 76.3. The molecule has 0 aromatic carbocycles. The number of nitrogens with one attached hydrogen (secondary N) is 9. The van der Waals surface area contributed by atoms with Crippen molar-refractivity contribution in [3.05, 3.63) is 123 Å². The Morgan fingerprint density at radius 3 is 1.11 bits per heavy atom. The number of aliphatic hydroxyl groups excluding tert-OH is 10. The molecule has 0 spiro atoms. The first-order valence-electron chi connectivity index (χ1n) is 43.1.